The Bertz CT molecular complexity index is 2740. The van der Waals surface area contributed by atoms with Gasteiger partial charge in [-0.3, -0.25) is 28.8 Å². The zero-order chi connectivity index (χ0) is 43.6. The van der Waals surface area contributed by atoms with Crippen molar-refractivity contribution in [3.63, 3.8) is 0 Å². The SMILES string of the molecule is Cn1c(=O)n(C2CCC(=O)NC2=O)c2ccc(CCC(=O)Nc3cccc(CS(=O)(=O)N4CCC(Nc5cccc(-c6sc(C(=O)O)c(OCC(=O)O)c6Cl)c5)CC4)c3)cc21. The van der Waals surface area contributed by atoms with Gasteiger partial charge in [-0.05, 0) is 78.8 Å². The monoisotopic (exact) mass is 892 g/mol. The molecule has 20 heteroatoms. The van der Waals surface area contributed by atoms with Gasteiger partial charge in [0, 0.05) is 50.4 Å². The average molecular weight is 893 g/mol. The van der Waals surface area contributed by atoms with Crippen LogP contribution in [-0.4, -0.2) is 87.5 Å². The van der Waals surface area contributed by atoms with Gasteiger partial charge in [-0.2, -0.15) is 0 Å². The molecule has 17 nitrogen and oxygen atoms in total. The van der Waals surface area contributed by atoms with Gasteiger partial charge in [-0.25, -0.2) is 27.1 Å². The second kappa shape index (κ2) is 17.9. The van der Waals surface area contributed by atoms with Crippen molar-refractivity contribution in [2.75, 3.05) is 30.3 Å². The van der Waals surface area contributed by atoms with E-state index in [1.165, 1.54) is 13.4 Å². The maximum atomic E-state index is 13.5. The summed E-state index contributed by atoms with van der Waals surface area (Å²) in [7, 11) is -2.10. The lowest BCUT2D eigenvalue weighted by molar-refractivity contribution is -0.139. The predicted molar refractivity (Wildman–Crippen MR) is 228 cm³/mol. The number of nitrogens with zero attached hydrogens (tertiary/aromatic N) is 3. The summed E-state index contributed by atoms with van der Waals surface area (Å²) in [6.45, 7) is -0.194. The highest BCUT2D eigenvalue weighted by molar-refractivity contribution is 7.88. The molecule has 0 aliphatic carbocycles. The number of benzene rings is 3. The van der Waals surface area contributed by atoms with E-state index >= 15 is 0 Å². The van der Waals surface area contributed by atoms with E-state index in [9.17, 15) is 42.3 Å². The van der Waals surface area contributed by atoms with Gasteiger partial charge in [-0.15, -0.1) is 11.3 Å². The second-order valence-electron chi connectivity index (χ2n) is 14.8. The molecule has 1 atom stereocenters. The second-order valence-corrected chi connectivity index (χ2v) is 18.2. The number of imidazole rings is 1. The molecule has 61 heavy (non-hydrogen) atoms. The number of aromatic carboxylic acids is 1. The molecular formula is C41H41ClN6O11S2. The maximum Gasteiger partial charge on any atom is 0.349 e. The van der Waals surface area contributed by atoms with Crippen molar-refractivity contribution >= 4 is 85.0 Å². The highest BCUT2D eigenvalue weighted by atomic mass is 35.5. The highest BCUT2D eigenvalue weighted by Gasteiger charge is 2.32. The first kappa shape index (κ1) is 43.1. The molecule has 2 aliphatic rings. The Balaban J connectivity index is 0.918. The summed E-state index contributed by atoms with van der Waals surface area (Å²) in [4.78, 5) is 73.3. The number of imide groups is 1. The van der Waals surface area contributed by atoms with Crippen molar-refractivity contribution in [2.45, 2.75) is 56.4 Å². The number of aryl methyl sites for hydroxylation is 2. The summed E-state index contributed by atoms with van der Waals surface area (Å²) in [6.07, 6.45) is 1.86. The number of hydrogen-bond acceptors (Lipinski definition) is 11. The molecule has 0 bridgehead atoms. The third-order valence-corrected chi connectivity index (χ3v) is 14.1. The molecule has 2 aliphatic heterocycles. The van der Waals surface area contributed by atoms with Gasteiger partial charge in [0.2, 0.25) is 27.7 Å². The Morgan fingerprint density at radius 3 is 2.39 bits per heavy atom. The van der Waals surface area contributed by atoms with E-state index in [2.05, 4.69) is 16.0 Å². The molecule has 320 valence electrons. The van der Waals surface area contributed by atoms with Crippen LogP contribution in [0.2, 0.25) is 5.02 Å². The minimum Gasteiger partial charge on any atom is -0.479 e. The van der Waals surface area contributed by atoms with E-state index in [4.69, 9.17) is 21.4 Å². The third kappa shape index (κ3) is 9.64. The first-order valence-corrected chi connectivity index (χ1v) is 22.1. The fraction of sp³-hybridized carbons (Fsp3) is 0.317. The number of piperidine rings is 2. The van der Waals surface area contributed by atoms with Crippen LogP contribution in [0.3, 0.4) is 0 Å². The fourth-order valence-electron chi connectivity index (χ4n) is 7.57. The molecule has 1 unspecified atom stereocenters. The Kier molecular flexibility index (Phi) is 12.6. The van der Waals surface area contributed by atoms with Gasteiger partial charge >= 0.3 is 17.6 Å². The van der Waals surface area contributed by atoms with E-state index in [0.29, 0.717) is 57.7 Å². The zero-order valence-electron chi connectivity index (χ0n) is 32.7. The van der Waals surface area contributed by atoms with Crippen LogP contribution in [0.4, 0.5) is 11.4 Å². The van der Waals surface area contributed by atoms with Gasteiger partial charge in [0.05, 0.1) is 21.7 Å². The van der Waals surface area contributed by atoms with E-state index in [-0.39, 0.29) is 77.3 Å². The topological polar surface area (TPSA) is 235 Å². The van der Waals surface area contributed by atoms with Crippen molar-refractivity contribution in [1.29, 1.82) is 0 Å². The minimum atomic E-state index is -3.71. The van der Waals surface area contributed by atoms with Gasteiger partial charge in [0.1, 0.15) is 11.1 Å². The Morgan fingerprint density at radius 2 is 1.67 bits per heavy atom. The number of thiophene rings is 1. The van der Waals surface area contributed by atoms with E-state index in [1.54, 1.807) is 67.7 Å². The molecule has 2 saturated heterocycles. The van der Waals surface area contributed by atoms with Crippen LogP contribution in [0.15, 0.2) is 71.5 Å². The van der Waals surface area contributed by atoms with Crippen LogP contribution in [0, 0.1) is 0 Å². The fourth-order valence-corrected chi connectivity index (χ4v) is 10.5. The number of nitrogens with one attached hydrogen (secondary N) is 3. The number of aliphatic carboxylic acids is 1. The van der Waals surface area contributed by atoms with E-state index < -0.39 is 40.5 Å². The number of halogens is 1. The maximum absolute atomic E-state index is 13.5. The number of rotatable bonds is 15. The molecule has 2 fully saturated rings. The number of hydrogen-bond donors (Lipinski definition) is 5. The molecule has 0 saturated carbocycles. The summed E-state index contributed by atoms with van der Waals surface area (Å²) in [5, 5.41) is 27.2. The summed E-state index contributed by atoms with van der Waals surface area (Å²) in [5.74, 6) is -4.21. The van der Waals surface area contributed by atoms with Gasteiger partial charge in [-0.1, -0.05) is 41.9 Å². The van der Waals surface area contributed by atoms with Gasteiger partial charge in [0.25, 0.3) is 0 Å². The molecule has 0 radical (unpaired) electrons. The summed E-state index contributed by atoms with van der Waals surface area (Å²) >= 11 is 7.34. The molecule has 3 aromatic carbocycles. The molecule has 7 rings (SSSR count). The quantitative estimate of drug-likeness (QED) is 0.0889. The number of aromatic nitrogens is 2. The van der Waals surface area contributed by atoms with Crippen molar-refractivity contribution in [3.8, 4) is 16.2 Å². The van der Waals surface area contributed by atoms with Crippen molar-refractivity contribution in [1.82, 2.24) is 18.8 Å². The van der Waals surface area contributed by atoms with Crippen molar-refractivity contribution in [2.24, 2.45) is 7.05 Å². The molecule has 3 amide bonds. The lowest BCUT2D eigenvalue weighted by Gasteiger charge is -2.32. The van der Waals surface area contributed by atoms with Crippen LogP contribution in [0.5, 0.6) is 5.75 Å². The van der Waals surface area contributed by atoms with Crippen LogP contribution in [0.25, 0.3) is 21.5 Å². The summed E-state index contributed by atoms with van der Waals surface area (Å²) in [6, 6.07) is 18.3. The predicted octanol–water partition coefficient (Wildman–Crippen LogP) is 4.84. The molecule has 5 aromatic rings. The zero-order valence-corrected chi connectivity index (χ0v) is 35.1. The lowest BCUT2D eigenvalue weighted by atomic mass is 10.1. The smallest absolute Gasteiger partial charge is 0.349 e. The number of carboxylic acid groups (broad SMARTS) is 2. The third-order valence-electron chi connectivity index (χ3n) is 10.6. The lowest BCUT2D eigenvalue weighted by Crippen LogP contribution is -2.44. The molecule has 0 spiro atoms. The number of carbonyl (C=O) groups is 5. The average Bonchev–Trinajstić information content (AvgIpc) is 3.68. The molecule has 5 N–H and O–H groups in total. The van der Waals surface area contributed by atoms with Crippen LogP contribution in [-0.2, 0) is 48.4 Å². The van der Waals surface area contributed by atoms with E-state index in [1.807, 2.05) is 6.07 Å². The van der Waals surface area contributed by atoms with Gasteiger partial charge < -0.3 is 25.6 Å². The first-order chi connectivity index (χ1) is 29.1. The molecule has 4 heterocycles. The van der Waals surface area contributed by atoms with Crippen molar-refractivity contribution < 1.29 is 47.3 Å². The molecular weight excluding hydrogens is 852 g/mol. The van der Waals surface area contributed by atoms with Crippen molar-refractivity contribution in [3.05, 3.63) is 98.2 Å². The Hall–Kier alpha value is -6.02. The number of carbonyl (C=O) groups excluding carboxylic acids is 3. The standard InChI is InChI=1S/C41H41ClN6O11S2/c1-46-31-19-23(8-10-29(31)48(41(46)56)30-11-13-33(50)45-39(30)53)9-12-32(49)44-27-6-2-4-24(18-27)22-61(57,58)47-16-14-26(15-17-47)43-28-7-3-5-25(20-28)37-35(42)36(59-21-34(51)52)38(60-37)40(54)55/h2-8,10,18-20,26,30,43H,9,11-17,21-22H2,1H3,(H,44,49)(H,51,52)(H,54,55)(H,45,50,53). The number of amides is 3. The number of anilines is 2. The van der Waals surface area contributed by atoms with Gasteiger partial charge in [0.15, 0.2) is 17.2 Å². The number of sulfonamides is 1. The summed E-state index contributed by atoms with van der Waals surface area (Å²) in [5.41, 5.74) is 3.83. The highest BCUT2D eigenvalue weighted by Crippen LogP contribution is 2.46. The first-order valence-electron chi connectivity index (χ1n) is 19.2. The summed E-state index contributed by atoms with van der Waals surface area (Å²) < 4.78 is 36.5. The Labute approximate surface area is 357 Å². The van der Waals surface area contributed by atoms with Crippen LogP contribution < -0.4 is 26.4 Å². The Morgan fingerprint density at radius 1 is 0.934 bits per heavy atom. The van der Waals surface area contributed by atoms with Crippen LogP contribution >= 0.6 is 22.9 Å². The minimum absolute atomic E-state index is 0.00401. The normalized spacial score (nSPS) is 16.3. The molecule has 2 aromatic heterocycles. The number of ether oxygens (including phenoxy) is 1. The number of fused-ring (bicyclic) bond motifs is 1. The number of carboxylic acids is 2. The van der Waals surface area contributed by atoms with E-state index in [0.717, 1.165) is 16.9 Å². The largest absolute Gasteiger partial charge is 0.479 e. The van der Waals surface area contributed by atoms with Crippen LogP contribution in [0.1, 0.15) is 58.9 Å².